The summed E-state index contributed by atoms with van der Waals surface area (Å²) in [6, 6.07) is 0. The van der Waals surface area contributed by atoms with Crippen LogP contribution in [0.1, 0.15) is 150 Å². The fourth-order valence-electron chi connectivity index (χ4n) is 4.47. The first-order chi connectivity index (χ1) is 18.8. The predicted molar refractivity (Wildman–Crippen MR) is 166 cm³/mol. The van der Waals surface area contributed by atoms with Crippen LogP contribution in [0.2, 0.25) is 0 Å². The number of hydrogen-bond acceptors (Lipinski definition) is 7. The number of rotatable bonds is 29. The summed E-state index contributed by atoms with van der Waals surface area (Å²) in [4.78, 5) is 12.0. The van der Waals surface area contributed by atoms with Crippen molar-refractivity contribution >= 4 is 26.2 Å². The Morgan fingerprint density at radius 1 is 0.769 bits per heavy atom. The lowest BCUT2D eigenvalue weighted by Crippen LogP contribution is -2.39. The van der Waals surface area contributed by atoms with Crippen LogP contribution in [0.5, 0.6) is 0 Å². The first kappa shape index (κ1) is 38.8. The monoisotopic (exact) mass is 592 g/mol. The maximum absolute atomic E-state index is 12.0. The molecule has 0 aromatic carbocycles. The van der Waals surface area contributed by atoms with Crippen molar-refractivity contribution in [1.29, 1.82) is 0 Å². The molecular formula is C31H61O6PS. The number of aliphatic hydroxyl groups is 1. The van der Waals surface area contributed by atoms with E-state index in [0.717, 1.165) is 0 Å². The molecule has 0 amide bonds. The summed E-state index contributed by atoms with van der Waals surface area (Å²) in [5, 5.41) is 10.6. The van der Waals surface area contributed by atoms with Crippen molar-refractivity contribution < 1.29 is 28.7 Å². The van der Waals surface area contributed by atoms with Crippen LogP contribution in [-0.4, -0.2) is 53.0 Å². The van der Waals surface area contributed by atoms with Crippen LogP contribution in [0.3, 0.4) is 0 Å². The van der Waals surface area contributed by atoms with Crippen molar-refractivity contribution in [2.24, 2.45) is 0 Å². The molecule has 0 saturated carbocycles. The quantitative estimate of drug-likeness (QED) is 0.0401. The number of ether oxygens (including phenoxy) is 3. The molecule has 0 aromatic rings. The largest absolute Gasteiger partial charge is 0.458 e. The molecule has 0 aliphatic rings. The van der Waals surface area contributed by atoms with Gasteiger partial charge in [-0.3, -0.25) is 4.57 Å². The summed E-state index contributed by atoms with van der Waals surface area (Å²) in [5.74, 6) is 0.145. The van der Waals surface area contributed by atoms with Crippen molar-refractivity contribution in [1.82, 2.24) is 0 Å². The number of carbonyl (C=O) groups excluding carboxylic acids is 1. The van der Waals surface area contributed by atoms with E-state index in [1.165, 1.54) is 115 Å². The molecule has 0 heterocycles. The summed E-state index contributed by atoms with van der Waals surface area (Å²) in [6.45, 7) is 10.5. The molecule has 3 unspecified atom stereocenters. The second kappa shape index (κ2) is 26.7. The standard InChI is InChI=1S/C31H61O6PS/c1-6-8-10-12-13-14-15-16-17-19-21-26-39-29(23-20-18-11-9-7-2)28(5)35-24-22-25-36-31(33,38-34)30(32)37-27(3)4/h27-29,33H,6-26H2,1-5H3. The van der Waals surface area contributed by atoms with Crippen LogP contribution in [0, 0.1) is 0 Å². The van der Waals surface area contributed by atoms with Gasteiger partial charge in [-0.2, -0.15) is 11.8 Å². The molecule has 0 radical (unpaired) electrons. The van der Waals surface area contributed by atoms with Gasteiger partial charge in [0.25, 0.3) is 0 Å². The van der Waals surface area contributed by atoms with Gasteiger partial charge in [0.2, 0.25) is 8.46 Å². The summed E-state index contributed by atoms with van der Waals surface area (Å²) < 4.78 is 27.6. The Hall–Kier alpha value is -0.200. The number of carbonyl (C=O) groups is 1. The van der Waals surface area contributed by atoms with Crippen LogP contribution in [0.15, 0.2) is 0 Å². The lowest BCUT2D eigenvalue weighted by Gasteiger charge is -2.25. The molecule has 0 fully saturated rings. The number of thioether (sulfide) groups is 1. The second-order valence-corrected chi connectivity index (χ2v) is 13.2. The number of hydrogen-bond donors (Lipinski definition) is 1. The third kappa shape index (κ3) is 22.1. The minimum atomic E-state index is -2.46. The Morgan fingerprint density at radius 3 is 1.79 bits per heavy atom. The van der Waals surface area contributed by atoms with Gasteiger partial charge in [0.15, 0.2) is 0 Å². The Morgan fingerprint density at radius 2 is 1.28 bits per heavy atom. The highest BCUT2D eigenvalue weighted by Gasteiger charge is 2.41. The molecular weight excluding hydrogens is 531 g/mol. The highest BCUT2D eigenvalue weighted by atomic mass is 32.2. The topological polar surface area (TPSA) is 82.1 Å². The van der Waals surface area contributed by atoms with Gasteiger partial charge in [-0.25, -0.2) is 4.79 Å². The molecule has 0 bridgehead atoms. The van der Waals surface area contributed by atoms with E-state index >= 15 is 0 Å². The first-order valence-corrected chi connectivity index (χ1v) is 17.8. The van der Waals surface area contributed by atoms with E-state index in [1.807, 2.05) is 0 Å². The van der Waals surface area contributed by atoms with Gasteiger partial charge < -0.3 is 19.3 Å². The number of unbranched alkanes of at least 4 members (excludes halogenated alkanes) is 14. The molecule has 8 heteroatoms. The fraction of sp³-hybridized carbons (Fsp3) is 0.968. The molecule has 0 spiro atoms. The molecule has 3 atom stereocenters. The highest BCUT2D eigenvalue weighted by Crippen LogP contribution is 2.26. The Labute approximate surface area is 246 Å². The van der Waals surface area contributed by atoms with Gasteiger partial charge >= 0.3 is 11.5 Å². The average Bonchev–Trinajstić information content (AvgIpc) is 2.91. The van der Waals surface area contributed by atoms with E-state index < -0.39 is 26.1 Å². The van der Waals surface area contributed by atoms with E-state index in [1.54, 1.807) is 13.8 Å². The van der Waals surface area contributed by atoms with E-state index in [0.29, 0.717) is 18.3 Å². The molecule has 232 valence electrons. The molecule has 0 aromatic heterocycles. The molecule has 39 heavy (non-hydrogen) atoms. The summed E-state index contributed by atoms with van der Waals surface area (Å²) in [7, 11) is -0.830. The van der Waals surface area contributed by atoms with Crippen molar-refractivity contribution in [3.8, 4) is 0 Å². The van der Waals surface area contributed by atoms with E-state index in [2.05, 4.69) is 32.5 Å². The molecule has 0 saturated heterocycles. The molecule has 0 rings (SSSR count). The van der Waals surface area contributed by atoms with Crippen LogP contribution < -0.4 is 0 Å². The lowest BCUT2D eigenvalue weighted by molar-refractivity contribution is -0.199. The van der Waals surface area contributed by atoms with Crippen molar-refractivity contribution in [3.63, 3.8) is 0 Å². The van der Waals surface area contributed by atoms with Crippen molar-refractivity contribution in [2.45, 2.75) is 173 Å². The van der Waals surface area contributed by atoms with Gasteiger partial charge in [-0.15, -0.1) is 0 Å². The van der Waals surface area contributed by atoms with Gasteiger partial charge in [0.05, 0.1) is 18.8 Å². The molecule has 0 aliphatic heterocycles. The SMILES string of the molecule is CCCCCCCCCCCCCSC(CCCCCCC)C(C)OCCCOC(O)(P=O)C(=O)OC(C)C. The van der Waals surface area contributed by atoms with Gasteiger partial charge in [-0.05, 0) is 45.8 Å². The third-order valence-corrected chi connectivity index (χ3v) is 9.03. The van der Waals surface area contributed by atoms with E-state index in [4.69, 9.17) is 14.2 Å². The number of esters is 1. The van der Waals surface area contributed by atoms with Gasteiger partial charge in [-0.1, -0.05) is 110 Å². The predicted octanol–water partition coefficient (Wildman–Crippen LogP) is 9.46. The lowest BCUT2D eigenvalue weighted by atomic mass is 10.1. The van der Waals surface area contributed by atoms with Gasteiger partial charge in [0, 0.05) is 11.9 Å². The molecule has 6 nitrogen and oxygen atoms in total. The molecule has 1 N–H and O–H groups in total. The normalized spacial score (nSPS) is 14.9. The smallest absolute Gasteiger partial charge is 0.380 e. The maximum atomic E-state index is 12.0. The Bertz CT molecular complexity index is 579. The van der Waals surface area contributed by atoms with Crippen molar-refractivity contribution in [3.05, 3.63) is 0 Å². The van der Waals surface area contributed by atoms with Crippen LogP contribution in [-0.2, 0) is 23.6 Å². The van der Waals surface area contributed by atoms with Crippen LogP contribution in [0.25, 0.3) is 0 Å². The van der Waals surface area contributed by atoms with E-state index in [9.17, 15) is 14.5 Å². The summed E-state index contributed by atoms with van der Waals surface area (Å²) in [5.41, 5.74) is -2.46. The average molecular weight is 593 g/mol. The van der Waals surface area contributed by atoms with Gasteiger partial charge in [0.1, 0.15) is 0 Å². The summed E-state index contributed by atoms with van der Waals surface area (Å²) in [6.07, 6.45) is 22.8. The van der Waals surface area contributed by atoms with E-state index in [-0.39, 0.29) is 12.7 Å². The Kier molecular flexibility index (Phi) is 26.5. The van der Waals surface area contributed by atoms with Crippen LogP contribution in [0.4, 0.5) is 0 Å². The maximum Gasteiger partial charge on any atom is 0.380 e. The highest BCUT2D eigenvalue weighted by molar-refractivity contribution is 7.99. The zero-order chi connectivity index (χ0) is 29.2. The first-order valence-electron chi connectivity index (χ1n) is 16.0. The van der Waals surface area contributed by atoms with Crippen LogP contribution >= 0.6 is 20.2 Å². The zero-order valence-electron chi connectivity index (χ0n) is 25.9. The third-order valence-electron chi connectivity index (χ3n) is 6.90. The second-order valence-electron chi connectivity index (χ2n) is 11.1. The zero-order valence-corrected chi connectivity index (χ0v) is 27.6. The minimum Gasteiger partial charge on any atom is -0.458 e. The minimum absolute atomic E-state index is 0.0548. The summed E-state index contributed by atoms with van der Waals surface area (Å²) >= 11 is 2.05. The Balaban J connectivity index is 4.28. The fourth-order valence-corrected chi connectivity index (χ4v) is 6.09. The van der Waals surface area contributed by atoms with Crippen molar-refractivity contribution in [2.75, 3.05) is 19.0 Å². The molecule has 0 aliphatic carbocycles.